The van der Waals surface area contributed by atoms with Crippen molar-refractivity contribution < 1.29 is 13.2 Å². The molecule has 0 aromatic rings. The van der Waals surface area contributed by atoms with Crippen molar-refractivity contribution in [1.82, 2.24) is 0 Å². The quantitative estimate of drug-likeness (QED) is 0.558. The van der Waals surface area contributed by atoms with Gasteiger partial charge in [-0.1, -0.05) is 20.8 Å². The molecule has 0 spiro atoms. The Morgan fingerprint density at radius 1 is 1.40 bits per heavy atom. The summed E-state index contributed by atoms with van der Waals surface area (Å²) < 4.78 is 26.5. The first kappa shape index (κ1) is 13.3. The summed E-state index contributed by atoms with van der Waals surface area (Å²) in [4.78, 5) is 0. The van der Waals surface area contributed by atoms with Gasteiger partial charge in [0.15, 0.2) is 0 Å². The third kappa shape index (κ3) is 5.18. The van der Waals surface area contributed by atoms with Gasteiger partial charge in [0.2, 0.25) is 9.05 Å². The lowest BCUT2D eigenvalue weighted by Crippen LogP contribution is -2.13. The van der Waals surface area contributed by atoms with Crippen LogP contribution in [0.1, 0.15) is 27.2 Å². The van der Waals surface area contributed by atoms with Gasteiger partial charge < -0.3 is 4.74 Å². The van der Waals surface area contributed by atoms with E-state index in [1.54, 1.807) is 0 Å². The molecular formula is C10H19ClO3S. The van der Waals surface area contributed by atoms with E-state index in [9.17, 15) is 8.42 Å². The van der Waals surface area contributed by atoms with E-state index in [2.05, 4.69) is 20.8 Å². The van der Waals surface area contributed by atoms with Crippen molar-refractivity contribution in [3.63, 3.8) is 0 Å². The number of halogens is 1. The Hall–Kier alpha value is 0.200. The summed E-state index contributed by atoms with van der Waals surface area (Å²) in [6.45, 7) is 7.54. The topological polar surface area (TPSA) is 43.4 Å². The first-order chi connectivity index (χ1) is 6.70. The number of ether oxygens (including phenoxy) is 1. The highest BCUT2D eigenvalue weighted by molar-refractivity contribution is 8.13. The average molecular weight is 255 g/mol. The summed E-state index contributed by atoms with van der Waals surface area (Å²) >= 11 is 0. The molecule has 0 saturated heterocycles. The molecule has 0 amide bonds. The number of hydrogen-bond acceptors (Lipinski definition) is 3. The van der Waals surface area contributed by atoms with Gasteiger partial charge in [-0.2, -0.15) is 0 Å². The van der Waals surface area contributed by atoms with Crippen molar-refractivity contribution >= 4 is 19.7 Å². The van der Waals surface area contributed by atoms with Crippen LogP contribution in [-0.4, -0.2) is 27.4 Å². The predicted molar refractivity (Wildman–Crippen MR) is 61.5 cm³/mol. The molecule has 1 fully saturated rings. The molecule has 15 heavy (non-hydrogen) atoms. The van der Waals surface area contributed by atoms with Gasteiger partial charge in [0.1, 0.15) is 0 Å². The molecular weight excluding hydrogens is 236 g/mol. The van der Waals surface area contributed by atoms with Crippen molar-refractivity contribution in [2.24, 2.45) is 17.3 Å². The fourth-order valence-electron chi connectivity index (χ4n) is 1.89. The van der Waals surface area contributed by atoms with Crippen LogP contribution in [0.2, 0.25) is 0 Å². The molecule has 1 aliphatic rings. The van der Waals surface area contributed by atoms with Gasteiger partial charge in [0, 0.05) is 17.3 Å². The molecule has 0 aromatic carbocycles. The molecule has 3 nitrogen and oxygen atoms in total. The number of rotatable bonds is 5. The molecule has 0 aromatic heterocycles. The minimum atomic E-state index is -3.40. The van der Waals surface area contributed by atoms with Crippen LogP contribution in [0.4, 0.5) is 0 Å². The second kappa shape index (κ2) is 4.60. The van der Waals surface area contributed by atoms with Crippen LogP contribution in [-0.2, 0) is 13.8 Å². The first-order valence-corrected chi connectivity index (χ1v) is 7.68. The van der Waals surface area contributed by atoms with Crippen molar-refractivity contribution in [2.75, 3.05) is 19.0 Å². The largest absolute Gasteiger partial charge is 0.380 e. The third-order valence-electron chi connectivity index (χ3n) is 2.84. The molecule has 0 aliphatic heterocycles. The van der Waals surface area contributed by atoms with E-state index in [0.717, 1.165) is 0 Å². The van der Waals surface area contributed by atoms with E-state index in [0.29, 0.717) is 23.9 Å². The Morgan fingerprint density at radius 3 is 2.40 bits per heavy atom. The fraction of sp³-hybridized carbons (Fsp3) is 1.00. The first-order valence-electron chi connectivity index (χ1n) is 5.20. The fourth-order valence-corrected chi connectivity index (χ4v) is 2.39. The molecule has 1 rings (SSSR count). The molecule has 0 bridgehead atoms. The second-order valence-corrected chi connectivity index (χ2v) is 8.18. The SMILES string of the molecule is CC(C)(C)C1CC1COCCS(=O)(=O)Cl. The van der Waals surface area contributed by atoms with E-state index in [1.807, 2.05) is 0 Å². The Kier molecular flexibility index (Phi) is 4.07. The molecule has 5 heteroatoms. The second-order valence-electron chi connectivity index (χ2n) is 5.29. The Bertz CT molecular complexity index is 305. The smallest absolute Gasteiger partial charge is 0.234 e. The Labute approximate surface area is 96.6 Å². The summed E-state index contributed by atoms with van der Waals surface area (Å²) in [6, 6.07) is 0. The van der Waals surface area contributed by atoms with Crippen LogP contribution in [0.25, 0.3) is 0 Å². The van der Waals surface area contributed by atoms with Crippen molar-refractivity contribution in [2.45, 2.75) is 27.2 Å². The summed E-state index contributed by atoms with van der Waals surface area (Å²) in [7, 11) is 1.66. The summed E-state index contributed by atoms with van der Waals surface area (Å²) in [5.74, 6) is 1.22. The van der Waals surface area contributed by atoms with Crippen LogP contribution in [0.5, 0.6) is 0 Å². The molecule has 0 N–H and O–H groups in total. The van der Waals surface area contributed by atoms with E-state index in [-0.39, 0.29) is 12.4 Å². The van der Waals surface area contributed by atoms with E-state index in [4.69, 9.17) is 15.4 Å². The van der Waals surface area contributed by atoms with Gasteiger partial charge in [0.25, 0.3) is 0 Å². The lowest BCUT2D eigenvalue weighted by Gasteiger charge is -2.17. The minimum absolute atomic E-state index is 0.0958. The monoisotopic (exact) mass is 254 g/mol. The van der Waals surface area contributed by atoms with Crippen LogP contribution >= 0.6 is 10.7 Å². The molecule has 0 heterocycles. The van der Waals surface area contributed by atoms with Gasteiger partial charge in [0.05, 0.1) is 12.4 Å². The Morgan fingerprint density at radius 2 is 2.00 bits per heavy atom. The molecule has 90 valence electrons. The molecule has 1 saturated carbocycles. The normalized spacial score (nSPS) is 26.7. The molecule has 2 atom stereocenters. The summed E-state index contributed by atoms with van der Waals surface area (Å²) in [5, 5.41) is 0. The van der Waals surface area contributed by atoms with E-state index in [1.165, 1.54) is 6.42 Å². The van der Waals surface area contributed by atoms with E-state index < -0.39 is 9.05 Å². The summed E-state index contributed by atoms with van der Waals surface area (Å²) in [6.07, 6.45) is 1.19. The highest BCUT2D eigenvalue weighted by Gasteiger charge is 2.44. The maximum atomic E-state index is 10.6. The minimum Gasteiger partial charge on any atom is -0.380 e. The molecule has 0 radical (unpaired) electrons. The standard InChI is InChI=1S/C10H19ClO3S/c1-10(2,3)9-6-8(9)7-14-4-5-15(11,12)13/h8-9H,4-7H2,1-3H3. The van der Waals surface area contributed by atoms with Gasteiger partial charge in [-0.15, -0.1) is 0 Å². The zero-order valence-corrected chi connectivity index (χ0v) is 11.1. The zero-order chi connectivity index (χ0) is 11.7. The van der Waals surface area contributed by atoms with Gasteiger partial charge in [-0.25, -0.2) is 8.42 Å². The number of hydrogen-bond donors (Lipinski definition) is 0. The van der Waals surface area contributed by atoms with Gasteiger partial charge in [-0.3, -0.25) is 0 Å². The van der Waals surface area contributed by atoms with Crippen LogP contribution in [0.15, 0.2) is 0 Å². The maximum absolute atomic E-state index is 10.6. The van der Waals surface area contributed by atoms with Crippen molar-refractivity contribution in [3.8, 4) is 0 Å². The van der Waals surface area contributed by atoms with Crippen LogP contribution < -0.4 is 0 Å². The van der Waals surface area contributed by atoms with E-state index >= 15 is 0 Å². The zero-order valence-electron chi connectivity index (χ0n) is 9.49. The predicted octanol–water partition coefficient (Wildman–Crippen LogP) is 2.25. The van der Waals surface area contributed by atoms with Gasteiger partial charge >= 0.3 is 0 Å². The third-order valence-corrected chi connectivity index (χ3v) is 3.96. The van der Waals surface area contributed by atoms with Crippen LogP contribution in [0, 0.1) is 17.3 Å². The Balaban J connectivity index is 2.10. The molecule has 1 aliphatic carbocycles. The summed E-state index contributed by atoms with van der Waals surface area (Å²) in [5.41, 5.74) is 0.340. The van der Waals surface area contributed by atoms with Crippen molar-refractivity contribution in [1.29, 1.82) is 0 Å². The lowest BCUT2D eigenvalue weighted by atomic mass is 9.89. The van der Waals surface area contributed by atoms with Crippen molar-refractivity contribution in [3.05, 3.63) is 0 Å². The average Bonchev–Trinajstić information content (AvgIpc) is 2.73. The molecule has 2 unspecified atom stereocenters. The van der Waals surface area contributed by atoms with Crippen LogP contribution in [0.3, 0.4) is 0 Å². The maximum Gasteiger partial charge on any atom is 0.234 e. The lowest BCUT2D eigenvalue weighted by molar-refractivity contribution is 0.127. The highest BCUT2D eigenvalue weighted by Crippen LogP contribution is 2.50. The highest BCUT2D eigenvalue weighted by atomic mass is 35.7. The van der Waals surface area contributed by atoms with Gasteiger partial charge in [-0.05, 0) is 23.7 Å².